The summed E-state index contributed by atoms with van der Waals surface area (Å²) >= 11 is 0. The molecule has 1 atom stereocenters. The summed E-state index contributed by atoms with van der Waals surface area (Å²) in [6.45, 7) is 2.64. The lowest BCUT2D eigenvalue weighted by molar-refractivity contribution is -0.118. The molecule has 3 aromatic carbocycles. The van der Waals surface area contributed by atoms with E-state index < -0.39 is 33.5 Å². The maximum Gasteiger partial charge on any atom is 0.269 e. The number of carbonyl (C=O) groups excluding carboxylic acids is 1. The average Bonchev–Trinajstić information content (AvgIpc) is 3.40. The van der Waals surface area contributed by atoms with Crippen LogP contribution < -0.4 is 5.32 Å². The Balaban J connectivity index is 1.75. The van der Waals surface area contributed by atoms with Gasteiger partial charge in [-0.3, -0.25) is 4.79 Å². The highest BCUT2D eigenvalue weighted by Gasteiger charge is 2.50. The largest absolute Gasteiger partial charge is 0.339 e. The van der Waals surface area contributed by atoms with Crippen LogP contribution in [0.25, 0.3) is 27.6 Å². The number of rotatable bonds is 6. The summed E-state index contributed by atoms with van der Waals surface area (Å²) in [4.78, 5) is 13.5. The number of nitriles is 1. The van der Waals surface area contributed by atoms with Gasteiger partial charge in [-0.05, 0) is 60.9 Å². The molecule has 0 fully saturated rings. The second-order valence-electron chi connectivity index (χ2n) is 10.5. The second kappa shape index (κ2) is 10.2. The highest BCUT2D eigenvalue weighted by Crippen LogP contribution is 2.50. The van der Waals surface area contributed by atoms with Crippen molar-refractivity contribution in [2.45, 2.75) is 42.9 Å². The van der Waals surface area contributed by atoms with Gasteiger partial charge in [-0.1, -0.05) is 42.5 Å². The Morgan fingerprint density at radius 1 is 1.07 bits per heavy atom. The van der Waals surface area contributed by atoms with Gasteiger partial charge in [0, 0.05) is 41.0 Å². The summed E-state index contributed by atoms with van der Waals surface area (Å²) < 4.78 is 55.8. The molecule has 1 unspecified atom stereocenters. The molecule has 0 spiro atoms. The van der Waals surface area contributed by atoms with Crippen molar-refractivity contribution < 1.29 is 22.0 Å². The fourth-order valence-electron chi connectivity index (χ4n) is 5.51. The monoisotopic (exact) mass is 574 g/mol. The van der Waals surface area contributed by atoms with E-state index >= 15 is 8.78 Å². The second-order valence-corrected chi connectivity index (χ2v) is 12.6. The quantitative estimate of drug-likeness (QED) is 0.296. The molecule has 0 saturated heterocycles. The van der Waals surface area contributed by atoms with Gasteiger partial charge in [0.25, 0.3) is 5.92 Å². The number of hydrogen-bond donors (Lipinski definition) is 1. The van der Waals surface area contributed by atoms with Crippen molar-refractivity contribution >= 4 is 26.5 Å². The number of hydrogen-bond acceptors (Lipinski definition) is 5. The first kappa shape index (κ1) is 28.2. The van der Waals surface area contributed by atoms with Gasteiger partial charge in [-0.2, -0.15) is 10.4 Å². The molecule has 7 nitrogen and oxygen atoms in total. The summed E-state index contributed by atoms with van der Waals surface area (Å²) in [5.41, 5.74) is 0.594. The number of amides is 1. The third kappa shape index (κ3) is 5.13. The SMILES string of the molecule is CC1=C(C(=O)NCC#N)C(C)(c2nn(-c3ccc4ccccc4c3)cc2-c2ccc(S(C)(=O)=O)cc2)CCC1(F)F. The Morgan fingerprint density at radius 2 is 1.76 bits per heavy atom. The standard InChI is InChI=1S/C31H28F2N4O3S/c1-20-27(29(38)35-17-16-34)30(2,14-15-31(20,32)33)28-26(22-9-12-25(13-10-22)41(3,39)40)19-37(36-28)24-11-8-21-6-4-5-7-23(21)18-24/h4-13,18-19H,14-15,17H2,1-3H3,(H,35,38). The molecule has 210 valence electrons. The lowest BCUT2D eigenvalue weighted by atomic mass is 9.66. The number of halogens is 2. The summed E-state index contributed by atoms with van der Waals surface area (Å²) in [5, 5.41) is 18.4. The number of carbonyl (C=O) groups is 1. The molecule has 0 saturated carbocycles. The van der Waals surface area contributed by atoms with Crippen LogP contribution in [0, 0.1) is 11.3 Å². The highest BCUT2D eigenvalue weighted by atomic mass is 32.2. The van der Waals surface area contributed by atoms with E-state index in [2.05, 4.69) is 5.32 Å². The van der Waals surface area contributed by atoms with E-state index in [0.29, 0.717) is 16.8 Å². The van der Waals surface area contributed by atoms with Crippen LogP contribution >= 0.6 is 0 Å². The van der Waals surface area contributed by atoms with Crippen molar-refractivity contribution in [3.8, 4) is 22.9 Å². The van der Waals surface area contributed by atoms with Crippen molar-refractivity contribution in [1.29, 1.82) is 5.26 Å². The topological polar surface area (TPSA) is 105 Å². The lowest BCUT2D eigenvalue weighted by Gasteiger charge is -2.39. The number of benzene rings is 3. The first-order valence-electron chi connectivity index (χ1n) is 13.0. The van der Waals surface area contributed by atoms with Gasteiger partial charge in [-0.15, -0.1) is 0 Å². The molecular formula is C31H28F2N4O3S. The molecule has 41 heavy (non-hydrogen) atoms. The average molecular weight is 575 g/mol. The van der Waals surface area contributed by atoms with Crippen LogP contribution in [0.4, 0.5) is 8.78 Å². The lowest BCUT2D eigenvalue weighted by Crippen LogP contribution is -2.44. The molecule has 1 aliphatic rings. The van der Waals surface area contributed by atoms with E-state index in [4.69, 9.17) is 10.4 Å². The Labute approximate surface area is 237 Å². The minimum atomic E-state index is -3.44. The third-order valence-corrected chi connectivity index (χ3v) is 8.93. The number of nitrogens with zero attached hydrogens (tertiary/aromatic N) is 3. The smallest absolute Gasteiger partial charge is 0.269 e. The van der Waals surface area contributed by atoms with E-state index in [1.165, 1.54) is 19.1 Å². The number of nitrogens with one attached hydrogen (secondary N) is 1. The Morgan fingerprint density at radius 3 is 2.41 bits per heavy atom. The normalized spacial score (nSPS) is 18.7. The van der Waals surface area contributed by atoms with Crippen LogP contribution in [0.5, 0.6) is 0 Å². The molecule has 1 aromatic heterocycles. The van der Waals surface area contributed by atoms with Crippen LogP contribution in [0.15, 0.2) is 89.0 Å². The number of allylic oxidation sites excluding steroid dienone is 1. The van der Waals surface area contributed by atoms with Crippen LogP contribution in [0.2, 0.25) is 0 Å². The predicted molar refractivity (Wildman–Crippen MR) is 152 cm³/mol. The van der Waals surface area contributed by atoms with Gasteiger partial charge in [0.05, 0.1) is 22.3 Å². The van der Waals surface area contributed by atoms with E-state index in [1.54, 1.807) is 29.9 Å². The summed E-state index contributed by atoms with van der Waals surface area (Å²) in [7, 11) is -3.44. The summed E-state index contributed by atoms with van der Waals surface area (Å²) in [5.74, 6) is -3.94. The zero-order chi connectivity index (χ0) is 29.6. The van der Waals surface area contributed by atoms with E-state index in [0.717, 1.165) is 22.7 Å². The van der Waals surface area contributed by atoms with Crippen molar-refractivity contribution in [1.82, 2.24) is 15.1 Å². The van der Waals surface area contributed by atoms with Crippen molar-refractivity contribution in [3.63, 3.8) is 0 Å². The summed E-state index contributed by atoms with van der Waals surface area (Å²) in [6.07, 6.45) is 2.33. The van der Waals surface area contributed by atoms with Crippen LogP contribution in [-0.4, -0.2) is 42.8 Å². The number of aromatic nitrogens is 2. The molecule has 5 rings (SSSR count). The molecule has 0 bridgehead atoms. The van der Waals surface area contributed by atoms with E-state index in [1.807, 2.05) is 48.5 Å². The molecule has 1 N–H and O–H groups in total. The van der Waals surface area contributed by atoms with Gasteiger partial charge in [-0.25, -0.2) is 21.9 Å². The number of alkyl halides is 2. The fourth-order valence-corrected chi connectivity index (χ4v) is 6.14. The van der Waals surface area contributed by atoms with E-state index in [-0.39, 0.29) is 29.0 Å². The Kier molecular flexibility index (Phi) is 7.03. The van der Waals surface area contributed by atoms with Crippen molar-refractivity contribution in [2.75, 3.05) is 12.8 Å². The van der Waals surface area contributed by atoms with Gasteiger partial charge in [0.15, 0.2) is 9.84 Å². The fraction of sp³-hybridized carbons (Fsp3) is 0.258. The minimum Gasteiger partial charge on any atom is -0.339 e. The van der Waals surface area contributed by atoms with Crippen LogP contribution in [-0.2, 0) is 20.0 Å². The number of fused-ring (bicyclic) bond motifs is 1. The number of sulfone groups is 1. The molecular weight excluding hydrogens is 546 g/mol. The zero-order valence-corrected chi connectivity index (χ0v) is 23.6. The van der Waals surface area contributed by atoms with Gasteiger partial charge in [0.2, 0.25) is 5.91 Å². The highest BCUT2D eigenvalue weighted by molar-refractivity contribution is 7.90. The zero-order valence-electron chi connectivity index (χ0n) is 22.8. The van der Waals surface area contributed by atoms with Crippen LogP contribution in [0.3, 0.4) is 0 Å². The molecule has 0 aliphatic heterocycles. The predicted octanol–water partition coefficient (Wildman–Crippen LogP) is 5.74. The van der Waals surface area contributed by atoms with Gasteiger partial charge in [0.1, 0.15) is 6.54 Å². The molecule has 0 radical (unpaired) electrons. The maximum absolute atomic E-state index is 15.0. The van der Waals surface area contributed by atoms with Crippen molar-refractivity contribution in [3.05, 3.63) is 89.8 Å². The maximum atomic E-state index is 15.0. The Bertz CT molecular complexity index is 1850. The van der Waals surface area contributed by atoms with Crippen LogP contribution in [0.1, 0.15) is 32.4 Å². The van der Waals surface area contributed by atoms with Crippen molar-refractivity contribution in [2.24, 2.45) is 0 Å². The third-order valence-electron chi connectivity index (χ3n) is 7.80. The first-order valence-corrected chi connectivity index (χ1v) is 14.9. The molecule has 1 aliphatic carbocycles. The van der Waals surface area contributed by atoms with E-state index in [9.17, 15) is 13.2 Å². The van der Waals surface area contributed by atoms with Gasteiger partial charge < -0.3 is 5.32 Å². The van der Waals surface area contributed by atoms with Gasteiger partial charge >= 0.3 is 0 Å². The molecule has 1 amide bonds. The molecule has 10 heteroatoms. The summed E-state index contributed by atoms with van der Waals surface area (Å²) in [6, 6.07) is 21.7. The Hall–Kier alpha value is -4.36. The molecule has 1 heterocycles. The minimum absolute atomic E-state index is 0.0736. The molecule has 4 aromatic rings. The first-order chi connectivity index (χ1) is 19.3.